The Morgan fingerprint density at radius 3 is 1.67 bits per heavy atom. The maximum Gasteiger partial charge on any atom is 0.0300 e. The Kier molecular flexibility index (Phi) is 12.0. The number of unbranched alkanes of at least 4 members (excludes halogenated alkanes) is 8. The van der Waals surface area contributed by atoms with Gasteiger partial charge in [-0.25, -0.2) is 5.32 Å². The molecule has 0 aliphatic heterocycles. The van der Waals surface area contributed by atoms with E-state index in [2.05, 4.69) is 27.7 Å². The van der Waals surface area contributed by atoms with Crippen LogP contribution in [0.1, 0.15) is 98.3 Å². The van der Waals surface area contributed by atoms with Crippen LogP contribution in [0.25, 0.3) is 0 Å². The van der Waals surface area contributed by atoms with E-state index in [9.17, 15) is 0 Å². The molecule has 1 heteroatoms. The summed E-state index contributed by atoms with van der Waals surface area (Å²) in [5.74, 6) is 0. The third-order valence-electron chi connectivity index (χ3n) is 3.66. The van der Waals surface area contributed by atoms with Gasteiger partial charge in [-0.2, -0.15) is 0 Å². The van der Waals surface area contributed by atoms with Gasteiger partial charge < -0.3 is 0 Å². The first-order valence-electron chi connectivity index (χ1n) is 8.31. The predicted octanol–water partition coefficient (Wildman–Crippen LogP) is 5.70. The molecule has 0 rings (SSSR count). The van der Waals surface area contributed by atoms with Crippen molar-refractivity contribution in [2.45, 2.75) is 104 Å². The van der Waals surface area contributed by atoms with Gasteiger partial charge in [-0.15, -0.1) is 0 Å². The van der Waals surface area contributed by atoms with Crippen LogP contribution < -0.4 is 5.32 Å². The first-order chi connectivity index (χ1) is 8.62. The van der Waals surface area contributed by atoms with Crippen molar-refractivity contribution in [2.24, 2.45) is 0 Å². The standard InChI is InChI=1S/C17H36N/c1-5-7-8-9-10-11-12-13-14-15-17(3,4)18-16-6-2/h5-16H2,1-4H3. The molecule has 0 aromatic carbocycles. The van der Waals surface area contributed by atoms with Crippen LogP contribution in [0.4, 0.5) is 0 Å². The monoisotopic (exact) mass is 254 g/mol. The zero-order valence-corrected chi connectivity index (χ0v) is 13.4. The van der Waals surface area contributed by atoms with Crippen LogP contribution in [0.3, 0.4) is 0 Å². The molecule has 0 heterocycles. The van der Waals surface area contributed by atoms with E-state index < -0.39 is 0 Å². The summed E-state index contributed by atoms with van der Waals surface area (Å²) in [4.78, 5) is 0. The molecule has 0 aliphatic carbocycles. The molecule has 0 N–H and O–H groups in total. The van der Waals surface area contributed by atoms with Crippen molar-refractivity contribution < 1.29 is 0 Å². The lowest BCUT2D eigenvalue weighted by atomic mass is 9.96. The highest BCUT2D eigenvalue weighted by molar-refractivity contribution is 4.76. The van der Waals surface area contributed by atoms with Gasteiger partial charge in [0, 0.05) is 12.1 Å². The number of nitrogens with zero attached hydrogens (tertiary/aromatic N) is 1. The summed E-state index contributed by atoms with van der Waals surface area (Å²) in [6.45, 7) is 10.1. The topological polar surface area (TPSA) is 14.1 Å². The van der Waals surface area contributed by atoms with Gasteiger partial charge >= 0.3 is 0 Å². The molecule has 0 amide bonds. The summed E-state index contributed by atoms with van der Waals surface area (Å²) >= 11 is 0. The molecule has 0 spiro atoms. The molecule has 109 valence electrons. The van der Waals surface area contributed by atoms with Crippen LogP contribution in [-0.2, 0) is 0 Å². The smallest absolute Gasteiger partial charge is 0.0300 e. The maximum absolute atomic E-state index is 4.74. The molecule has 0 atom stereocenters. The van der Waals surface area contributed by atoms with Gasteiger partial charge in [0.15, 0.2) is 0 Å². The normalized spacial score (nSPS) is 12.0. The molecular formula is C17H36N. The van der Waals surface area contributed by atoms with Crippen molar-refractivity contribution in [3.05, 3.63) is 0 Å². The van der Waals surface area contributed by atoms with E-state index in [0.717, 1.165) is 6.54 Å². The highest BCUT2D eigenvalue weighted by Crippen LogP contribution is 2.17. The second-order valence-electron chi connectivity index (χ2n) is 6.27. The quantitative estimate of drug-likeness (QED) is 0.374. The average Bonchev–Trinajstić information content (AvgIpc) is 2.34. The summed E-state index contributed by atoms with van der Waals surface area (Å²) < 4.78 is 0. The third-order valence-corrected chi connectivity index (χ3v) is 3.66. The summed E-state index contributed by atoms with van der Waals surface area (Å²) in [6.07, 6.45) is 15.2. The van der Waals surface area contributed by atoms with Crippen LogP contribution in [0.2, 0.25) is 0 Å². The van der Waals surface area contributed by atoms with Gasteiger partial charge in [-0.1, -0.05) is 71.6 Å². The second kappa shape index (κ2) is 12.0. The van der Waals surface area contributed by atoms with Crippen LogP contribution in [-0.4, -0.2) is 12.1 Å². The molecule has 0 saturated heterocycles. The fourth-order valence-electron chi connectivity index (χ4n) is 2.36. The van der Waals surface area contributed by atoms with Gasteiger partial charge in [0.25, 0.3) is 0 Å². The second-order valence-corrected chi connectivity index (χ2v) is 6.27. The van der Waals surface area contributed by atoms with E-state index in [1.54, 1.807) is 0 Å². The molecule has 0 bridgehead atoms. The zero-order valence-electron chi connectivity index (χ0n) is 13.4. The van der Waals surface area contributed by atoms with Gasteiger partial charge in [0.05, 0.1) is 0 Å². The Morgan fingerprint density at radius 1 is 0.667 bits per heavy atom. The van der Waals surface area contributed by atoms with Crippen molar-refractivity contribution in [1.29, 1.82) is 0 Å². The molecular weight excluding hydrogens is 218 g/mol. The Hall–Kier alpha value is -0.0400. The first-order valence-corrected chi connectivity index (χ1v) is 8.31. The summed E-state index contributed by atoms with van der Waals surface area (Å²) in [7, 11) is 0. The minimum Gasteiger partial charge on any atom is -0.236 e. The lowest BCUT2D eigenvalue weighted by Crippen LogP contribution is -2.33. The molecule has 0 saturated carbocycles. The zero-order chi connectivity index (χ0) is 13.7. The summed E-state index contributed by atoms with van der Waals surface area (Å²) in [5, 5.41) is 4.74. The molecule has 0 aromatic rings. The molecule has 1 nitrogen and oxygen atoms in total. The number of rotatable bonds is 13. The van der Waals surface area contributed by atoms with Crippen LogP contribution in [0.15, 0.2) is 0 Å². The van der Waals surface area contributed by atoms with Crippen molar-refractivity contribution in [1.82, 2.24) is 5.32 Å². The SMILES string of the molecule is CCCCCCCCCCCC(C)(C)[N]CCC. The fourth-order valence-corrected chi connectivity index (χ4v) is 2.36. The van der Waals surface area contributed by atoms with Gasteiger partial charge in [-0.05, 0) is 26.7 Å². The number of hydrogen-bond acceptors (Lipinski definition) is 0. The summed E-state index contributed by atoms with van der Waals surface area (Å²) in [6, 6.07) is 0. The first kappa shape index (κ1) is 18.0. The highest BCUT2D eigenvalue weighted by Gasteiger charge is 2.16. The fraction of sp³-hybridized carbons (Fsp3) is 1.00. The minimum absolute atomic E-state index is 0.219. The Labute approximate surface area is 116 Å². The van der Waals surface area contributed by atoms with Gasteiger partial charge in [0.2, 0.25) is 0 Å². The Morgan fingerprint density at radius 2 is 1.17 bits per heavy atom. The molecule has 0 fully saturated rings. The maximum atomic E-state index is 4.74. The van der Waals surface area contributed by atoms with E-state index in [4.69, 9.17) is 5.32 Å². The number of hydrogen-bond donors (Lipinski definition) is 0. The Bertz CT molecular complexity index is 163. The molecule has 18 heavy (non-hydrogen) atoms. The molecule has 0 aromatic heterocycles. The van der Waals surface area contributed by atoms with E-state index in [0.29, 0.717) is 0 Å². The van der Waals surface area contributed by atoms with E-state index >= 15 is 0 Å². The highest BCUT2D eigenvalue weighted by atomic mass is 14.9. The minimum atomic E-state index is 0.219. The van der Waals surface area contributed by atoms with Crippen molar-refractivity contribution in [3.8, 4) is 0 Å². The lowest BCUT2D eigenvalue weighted by Gasteiger charge is -2.24. The van der Waals surface area contributed by atoms with E-state index in [1.165, 1.54) is 70.6 Å². The van der Waals surface area contributed by atoms with Crippen LogP contribution in [0, 0.1) is 0 Å². The van der Waals surface area contributed by atoms with Crippen LogP contribution in [0.5, 0.6) is 0 Å². The summed E-state index contributed by atoms with van der Waals surface area (Å²) in [5.41, 5.74) is 0.219. The molecule has 1 radical (unpaired) electrons. The average molecular weight is 254 g/mol. The van der Waals surface area contributed by atoms with Crippen LogP contribution >= 0.6 is 0 Å². The van der Waals surface area contributed by atoms with Crippen molar-refractivity contribution in [2.75, 3.05) is 6.54 Å². The predicted molar refractivity (Wildman–Crippen MR) is 83.2 cm³/mol. The van der Waals surface area contributed by atoms with Crippen molar-refractivity contribution in [3.63, 3.8) is 0 Å². The molecule has 0 unspecified atom stereocenters. The van der Waals surface area contributed by atoms with E-state index in [1.807, 2.05) is 0 Å². The largest absolute Gasteiger partial charge is 0.236 e. The van der Waals surface area contributed by atoms with Gasteiger partial charge in [0.1, 0.15) is 0 Å². The van der Waals surface area contributed by atoms with Crippen molar-refractivity contribution >= 4 is 0 Å². The van der Waals surface area contributed by atoms with E-state index in [-0.39, 0.29) is 5.54 Å². The third kappa shape index (κ3) is 12.4. The van der Waals surface area contributed by atoms with Gasteiger partial charge in [-0.3, -0.25) is 0 Å². The molecule has 0 aliphatic rings. The lowest BCUT2D eigenvalue weighted by molar-refractivity contribution is 0.340. The Balaban J connectivity index is 3.23.